The van der Waals surface area contributed by atoms with Gasteiger partial charge in [0, 0.05) is 23.2 Å². The molecular weight excluding hydrogens is 264 g/mol. The zero-order valence-electron chi connectivity index (χ0n) is 9.37. The van der Waals surface area contributed by atoms with Crippen LogP contribution in [0, 0.1) is 5.92 Å². The Hall–Kier alpha value is -1.20. The van der Waals surface area contributed by atoms with E-state index in [1.54, 1.807) is 0 Å². The van der Waals surface area contributed by atoms with E-state index in [0.29, 0.717) is 18.5 Å². The first-order valence-electron chi connectivity index (χ1n) is 5.52. The van der Waals surface area contributed by atoms with Crippen LogP contribution in [0.5, 0.6) is 0 Å². The zero-order valence-corrected chi connectivity index (χ0v) is 10.1. The second kappa shape index (κ2) is 5.20. The molecule has 0 bridgehead atoms. The van der Waals surface area contributed by atoms with Crippen molar-refractivity contribution in [2.75, 3.05) is 6.54 Å². The quantitative estimate of drug-likeness (QED) is 0.891. The summed E-state index contributed by atoms with van der Waals surface area (Å²) in [7, 11) is 0. The second-order valence-electron chi connectivity index (χ2n) is 4.31. The largest absolute Gasteiger partial charge is 0.481 e. The number of carboxylic acid groups (broad SMARTS) is 1. The summed E-state index contributed by atoms with van der Waals surface area (Å²) in [6, 6.07) is 3.90. The molecule has 2 unspecified atom stereocenters. The summed E-state index contributed by atoms with van der Waals surface area (Å²) < 4.78 is 24.9. The van der Waals surface area contributed by atoms with Crippen molar-refractivity contribution in [3.63, 3.8) is 0 Å². The summed E-state index contributed by atoms with van der Waals surface area (Å²) in [5, 5.41) is 12.2. The highest BCUT2D eigenvalue weighted by Gasteiger charge is 2.31. The third-order valence-corrected chi connectivity index (χ3v) is 3.46. The predicted molar refractivity (Wildman–Crippen MR) is 62.9 cm³/mol. The number of nitrogens with one attached hydrogen (secondary N) is 1. The van der Waals surface area contributed by atoms with Crippen LogP contribution in [0.2, 0.25) is 5.02 Å². The van der Waals surface area contributed by atoms with Gasteiger partial charge >= 0.3 is 5.97 Å². The minimum Gasteiger partial charge on any atom is -0.481 e. The summed E-state index contributed by atoms with van der Waals surface area (Å²) in [6.07, 6.45) is -2.14. The maximum absolute atomic E-state index is 12.5. The first-order valence-corrected chi connectivity index (χ1v) is 5.90. The van der Waals surface area contributed by atoms with E-state index in [2.05, 4.69) is 5.32 Å². The van der Waals surface area contributed by atoms with E-state index in [4.69, 9.17) is 16.7 Å². The van der Waals surface area contributed by atoms with E-state index in [0.717, 1.165) is 0 Å². The summed E-state index contributed by atoms with van der Waals surface area (Å²) in [5.74, 6) is -1.31. The number of rotatable bonds is 3. The van der Waals surface area contributed by atoms with Crippen LogP contribution in [0.25, 0.3) is 0 Å². The fourth-order valence-electron chi connectivity index (χ4n) is 2.12. The molecule has 2 N–H and O–H groups in total. The van der Waals surface area contributed by atoms with Gasteiger partial charge in [-0.3, -0.25) is 4.79 Å². The Labute approximate surface area is 108 Å². The number of carboxylic acids is 1. The first kappa shape index (κ1) is 13.2. The number of benzene rings is 1. The Morgan fingerprint density at radius 3 is 2.72 bits per heavy atom. The third kappa shape index (κ3) is 2.62. The fraction of sp³-hybridized carbons (Fsp3) is 0.417. The van der Waals surface area contributed by atoms with Gasteiger partial charge in [0.15, 0.2) is 0 Å². The van der Waals surface area contributed by atoms with Crippen LogP contribution in [0.3, 0.4) is 0 Å². The molecule has 2 rings (SSSR count). The van der Waals surface area contributed by atoms with Gasteiger partial charge in [0.05, 0.1) is 5.92 Å². The number of alkyl halides is 2. The first-order chi connectivity index (χ1) is 8.49. The normalized spacial score (nSPS) is 23.6. The van der Waals surface area contributed by atoms with Crippen LogP contribution in [-0.2, 0) is 4.79 Å². The van der Waals surface area contributed by atoms with Gasteiger partial charge in [0.2, 0.25) is 0 Å². The molecule has 0 amide bonds. The number of carbonyl (C=O) groups is 1. The minimum atomic E-state index is -2.56. The van der Waals surface area contributed by atoms with E-state index >= 15 is 0 Å². The van der Waals surface area contributed by atoms with Gasteiger partial charge in [0.25, 0.3) is 6.43 Å². The monoisotopic (exact) mass is 275 g/mol. The molecule has 1 heterocycles. The van der Waals surface area contributed by atoms with Gasteiger partial charge in [-0.2, -0.15) is 0 Å². The number of hydrogen-bond donors (Lipinski definition) is 2. The van der Waals surface area contributed by atoms with Crippen LogP contribution in [0.15, 0.2) is 18.2 Å². The van der Waals surface area contributed by atoms with Gasteiger partial charge in [0.1, 0.15) is 0 Å². The van der Waals surface area contributed by atoms with Crippen LogP contribution in [0.1, 0.15) is 30.0 Å². The van der Waals surface area contributed by atoms with Crippen LogP contribution in [0.4, 0.5) is 8.78 Å². The topological polar surface area (TPSA) is 49.3 Å². The molecule has 18 heavy (non-hydrogen) atoms. The van der Waals surface area contributed by atoms with Crippen molar-refractivity contribution >= 4 is 17.6 Å². The highest BCUT2D eigenvalue weighted by Crippen LogP contribution is 2.34. The van der Waals surface area contributed by atoms with E-state index in [1.807, 2.05) is 0 Å². The van der Waals surface area contributed by atoms with Gasteiger partial charge in [-0.1, -0.05) is 23.7 Å². The Kier molecular flexibility index (Phi) is 3.82. The molecule has 1 fully saturated rings. The van der Waals surface area contributed by atoms with Crippen molar-refractivity contribution in [2.45, 2.75) is 18.9 Å². The van der Waals surface area contributed by atoms with Gasteiger partial charge in [-0.15, -0.1) is 0 Å². The fourth-order valence-corrected chi connectivity index (χ4v) is 2.44. The molecule has 0 aromatic heterocycles. The van der Waals surface area contributed by atoms with Crippen molar-refractivity contribution in [1.82, 2.24) is 5.32 Å². The Morgan fingerprint density at radius 1 is 1.50 bits per heavy atom. The minimum absolute atomic E-state index is 0.128. The molecule has 0 aliphatic carbocycles. The maximum Gasteiger partial charge on any atom is 0.307 e. The predicted octanol–water partition coefficient (Wildman–Crippen LogP) is 3.01. The maximum atomic E-state index is 12.5. The molecule has 0 spiro atoms. The average molecular weight is 276 g/mol. The SMILES string of the molecule is O=C(O)C1CNC(c2ccc(C(F)F)cc2Cl)C1. The molecule has 0 radical (unpaired) electrons. The highest BCUT2D eigenvalue weighted by atomic mass is 35.5. The molecule has 3 nitrogen and oxygen atoms in total. The summed E-state index contributed by atoms with van der Waals surface area (Å²) in [6.45, 7) is 0.368. The lowest BCUT2D eigenvalue weighted by Crippen LogP contribution is -2.17. The lowest BCUT2D eigenvalue weighted by molar-refractivity contribution is -0.141. The van der Waals surface area contributed by atoms with Crippen molar-refractivity contribution in [3.05, 3.63) is 34.3 Å². The molecule has 1 saturated heterocycles. The molecule has 6 heteroatoms. The number of hydrogen-bond acceptors (Lipinski definition) is 2. The highest BCUT2D eigenvalue weighted by molar-refractivity contribution is 6.31. The Balaban J connectivity index is 2.17. The molecule has 1 aromatic rings. The van der Waals surface area contributed by atoms with Crippen molar-refractivity contribution in [1.29, 1.82) is 0 Å². The molecule has 1 aliphatic heterocycles. The van der Waals surface area contributed by atoms with Crippen LogP contribution >= 0.6 is 11.6 Å². The standard InChI is InChI=1S/C12H12ClF2NO2/c13-9-3-6(11(14)15)1-2-8(9)10-4-7(5-16-10)12(17)18/h1-3,7,10-11,16H,4-5H2,(H,17,18). The van der Waals surface area contributed by atoms with Crippen LogP contribution < -0.4 is 5.32 Å². The second-order valence-corrected chi connectivity index (χ2v) is 4.72. The Bertz CT molecular complexity index is 467. The molecule has 98 valence electrons. The smallest absolute Gasteiger partial charge is 0.307 e. The van der Waals surface area contributed by atoms with Gasteiger partial charge in [-0.25, -0.2) is 8.78 Å². The molecular formula is C12H12ClF2NO2. The average Bonchev–Trinajstić information content (AvgIpc) is 2.78. The van der Waals surface area contributed by atoms with Crippen molar-refractivity contribution in [2.24, 2.45) is 5.92 Å². The molecule has 1 aromatic carbocycles. The number of aliphatic carboxylic acids is 1. The molecule has 2 atom stereocenters. The third-order valence-electron chi connectivity index (χ3n) is 3.13. The summed E-state index contributed by atoms with van der Waals surface area (Å²) >= 11 is 5.96. The lowest BCUT2D eigenvalue weighted by Gasteiger charge is -2.13. The van der Waals surface area contributed by atoms with E-state index < -0.39 is 18.3 Å². The molecule has 0 saturated carbocycles. The lowest BCUT2D eigenvalue weighted by atomic mass is 9.99. The van der Waals surface area contributed by atoms with E-state index in [9.17, 15) is 13.6 Å². The zero-order chi connectivity index (χ0) is 13.3. The van der Waals surface area contributed by atoms with Gasteiger partial charge < -0.3 is 10.4 Å². The molecule has 1 aliphatic rings. The van der Waals surface area contributed by atoms with Crippen molar-refractivity contribution < 1.29 is 18.7 Å². The summed E-state index contributed by atoms with van der Waals surface area (Å²) in [5.41, 5.74) is 0.543. The van der Waals surface area contributed by atoms with E-state index in [1.165, 1.54) is 18.2 Å². The number of halogens is 3. The van der Waals surface area contributed by atoms with Crippen molar-refractivity contribution in [3.8, 4) is 0 Å². The van der Waals surface area contributed by atoms with Crippen LogP contribution in [-0.4, -0.2) is 17.6 Å². The summed E-state index contributed by atoms with van der Waals surface area (Å²) in [4.78, 5) is 10.8. The Morgan fingerprint density at radius 2 is 2.22 bits per heavy atom. The van der Waals surface area contributed by atoms with Gasteiger partial charge in [-0.05, 0) is 18.1 Å². The van der Waals surface area contributed by atoms with E-state index in [-0.39, 0.29) is 16.6 Å².